The van der Waals surface area contributed by atoms with Gasteiger partial charge in [-0.2, -0.15) is 5.26 Å². The molecule has 0 heterocycles. The van der Waals surface area contributed by atoms with Crippen LogP contribution in [0.3, 0.4) is 0 Å². The van der Waals surface area contributed by atoms with Gasteiger partial charge in [0, 0.05) is 6.54 Å². The van der Waals surface area contributed by atoms with Crippen molar-refractivity contribution in [2.75, 3.05) is 13.2 Å². The fraction of sp³-hybridized carbons (Fsp3) is 0.462. The van der Waals surface area contributed by atoms with Gasteiger partial charge < -0.3 is 15.5 Å². The molecule has 0 aliphatic carbocycles. The number of aliphatic hydroxyl groups excluding tert-OH is 2. The fourth-order valence-electron chi connectivity index (χ4n) is 1.62. The number of rotatable bonds is 6. The normalized spacial score (nSPS) is 11.3. The van der Waals surface area contributed by atoms with Crippen molar-refractivity contribution in [3.8, 4) is 6.07 Å². The van der Waals surface area contributed by atoms with Gasteiger partial charge in [-0.1, -0.05) is 6.92 Å². The molecule has 4 nitrogen and oxygen atoms in total. The van der Waals surface area contributed by atoms with Crippen molar-refractivity contribution < 1.29 is 14.6 Å². The first-order valence-electron chi connectivity index (χ1n) is 5.75. The van der Waals surface area contributed by atoms with E-state index in [4.69, 9.17) is 5.26 Å². The summed E-state index contributed by atoms with van der Waals surface area (Å²) in [5, 5.41) is 30.3. The molecule has 0 saturated carbocycles. The highest BCUT2D eigenvalue weighted by atomic mass is 19.1. The summed E-state index contributed by atoms with van der Waals surface area (Å²) in [5.41, 5.74) is 0.0761. The molecule has 3 N–H and O–H groups in total. The molecule has 0 aliphatic rings. The van der Waals surface area contributed by atoms with Crippen LogP contribution >= 0.6 is 0 Å². The van der Waals surface area contributed by atoms with Crippen LogP contribution < -0.4 is 5.32 Å². The molecule has 0 fully saturated rings. The van der Waals surface area contributed by atoms with E-state index in [1.54, 1.807) is 6.07 Å². The number of aliphatic hydroxyl groups is 2. The Morgan fingerprint density at radius 2 is 2.00 bits per heavy atom. The Bertz CT molecular complexity index is 431. The molecule has 1 rings (SSSR count). The monoisotopic (exact) mass is 252 g/mol. The zero-order valence-electron chi connectivity index (χ0n) is 10.3. The van der Waals surface area contributed by atoms with Crippen LogP contribution in [0.15, 0.2) is 18.2 Å². The second kappa shape index (κ2) is 6.45. The summed E-state index contributed by atoms with van der Waals surface area (Å²) < 4.78 is 13.2. The summed E-state index contributed by atoms with van der Waals surface area (Å²) in [6.45, 7) is 1.70. The van der Waals surface area contributed by atoms with E-state index in [0.29, 0.717) is 12.0 Å². The summed E-state index contributed by atoms with van der Waals surface area (Å²) in [7, 11) is 0. The molecule has 1 aromatic rings. The van der Waals surface area contributed by atoms with Crippen molar-refractivity contribution >= 4 is 0 Å². The van der Waals surface area contributed by atoms with Gasteiger partial charge in [0.25, 0.3) is 0 Å². The Morgan fingerprint density at radius 1 is 1.33 bits per heavy atom. The van der Waals surface area contributed by atoms with E-state index in [1.807, 2.05) is 13.0 Å². The zero-order valence-corrected chi connectivity index (χ0v) is 10.3. The van der Waals surface area contributed by atoms with Crippen molar-refractivity contribution in [1.29, 1.82) is 5.26 Å². The third kappa shape index (κ3) is 3.50. The highest BCUT2D eigenvalue weighted by Gasteiger charge is 2.25. The molecule has 98 valence electrons. The summed E-state index contributed by atoms with van der Waals surface area (Å²) >= 11 is 0. The van der Waals surface area contributed by atoms with Crippen molar-refractivity contribution in [3.63, 3.8) is 0 Å². The maximum absolute atomic E-state index is 13.2. The number of nitriles is 1. The highest BCUT2D eigenvalue weighted by Crippen LogP contribution is 2.12. The van der Waals surface area contributed by atoms with Crippen molar-refractivity contribution in [2.45, 2.75) is 25.4 Å². The Kier molecular flexibility index (Phi) is 5.23. The average molecular weight is 252 g/mol. The number of halogens is 1. The molecule has 0 aliphatic heterocycles. The maximum Gasteiger partial charge on any atom is 0.124 e. The molecule has 5 heteroatoms. The van der Waals surface area contributed by atoms with E-state index in [9.17, 15) is 14.6 Å². The quantitative estimate of drug-likeness (QED) is 0.703. The van der Waals surface area contributed by atoms with E-state index < -0.39 is 11.4 Å². The van der Waals surface area contributed by atoms with Gasteiger partial charge in [-0.15, -0.1) is 0 Å². The second-order valence-corrected chi connectivity index (χ2v) is 4.26. The third-order valence-corrected chi connectivity index (χ3v) is 3.04. The Balaban J connectivity index is 2.80. The molecule has 0 spiro atoms. The van der Waals surface area contributed by atoms with E-state index >= 15 is 0 Å². The average Bonchev–Trinajstić information content (AvgIpc) is 2.40. The van der Waals surface area contributed by atoms with Gasteiger partial charge >= 0.3 is 0 Å². The van der Waals surface area contributed by atoms with Crippen molar-refractivity contribution in [2.24, 2.45) is 0 Å². The minimum Gasteiger partial charge on any atom is -0.394 e. The van der Waals surface area contributed by atoms with Gasteiger partial charge in [0.1, 0.15) is 5.82 Å². The van der Waals surface area contributed by atoms with Gasteiger partial charge in [-0.05, 0) is 30.2 Å². The molecule has 18 heavy (non-hydrogen) atoms. The maximum atomic E-state index is 13.2. The smallest absolute Gasteiger partial charge is 0.124 e. The minimum atomic E-state index is -0.779. The van der Waals surface area contributed by atoms with E-state index in [1.165, 1.54) is 6.07 Å². The van der Waals surface area contributed by atoms with Crippen LogP contribution in [0, 0.1) is 17.1 Å². The lowest BCUT2D eigenvalue weighted by Crippen LogP contribution is -2.50. The largest absolute Gasteiger partial charge is 0.394 e. The van der Waals surface area contributed by atoms with Crippen LogP contribution in [0.5, 0.6) is 0 Å². The number of nitrogens with zero attached hydrogens (tertiary/aromatic N) is 1. The van der Waals surface area contributed by atoms with Crippen molar-refractivity contribution in [3.05, 3.63) is 35.1 Å². The molecular weight excluding hydrogens is 235 g/mol. The highest BCUT2D eigenvalue weighted by molar-refractivity contribution is 5.33. The summed E-state index contributed by atoms with van der Waals surface area (Å²) in [5.74, 6) is -0.471. The predicted octanol–water partition coefficient (Wildman–Crippen LogP) is 0.920. The molecular formula is C13H17FN2O2. The predicted molar refractivity (Wildman–Crippen MR) is 65.1 cm³/mol. The lowest BCUT2D eigenvalue weighted by atomic mass is 9.98. The van der Waals surface area contributed by atoms with E-state index in [2.05, 4.69) is 5.32 Å². The first-order valence-corrected chi connectivity index (χ1v) is 5.75. The molecule has 0 bridgehead atoms. The number of nitrogens with one attached hydrogen (secondary N) is 1. The number of hydrogen-bond acceptors (Lipinski definition) is 4. The molecule has 0 saturated heterocycles. The summed E-state index contributed by atoms with van der Waals surface area (Å²) in [4.78, 5) is 0. The van der Waals surface area contributed by atoms with E-state index in [0.717, 1.165) is 6.07 Å². The van der Waals surface area contributed by atoms with Gasteiger partial charge in [0.2, 0.25) is 0 Å². The first-order chi connectivity index (χ1) is 8.59. The third-order valence-electron chi connectivity index (χ3n) is 3.04. The number of hydrogen-bond donors (Lipinski definition) is 3. The van der Waals surface area contributed by atoms with Crippen LogP contribution in [0.2, 0.25) is 0 Å². The molecule has 0 unspecified atom stereocenters. The molecule has 0 radical (unpaired) electrons. The van der Waals surface area contributed by atoms with Gasteiger partial charge in [-0.3, -0.25) is 0 Å². The Morgan fingerprint density at radius 3 is 2.50 bits per heavy atom. The molecule has 0 amide bonds. The zero-order chi connectivity index (χ0) is 13.6. The van der Waals surface area contributed by atoms with Gasteiger partial charge in [0.05, 0.1) is 30.4 Å². The SMILES string of the molecule is CCC(CO)(CO)NCc1cc(F)cc(C#N)c1. The van der Waals surface area contributed by atoms with Crippen LogP contribution in [0.4, 0.5) is 4.39 Å². The van der Waals surface area contributed by atoms with Crippen LogP contribution in [-0.2, 0) is 6.54 Å². The lowest BCUT2D eigenvalue weighted by Gasteiger charge is -2.30. The molecule has 1 aromatic carbocycles. The van der Waals surface area contributed by atoms with Crippen LogP contribution in [0.1, 0.15) is 24.5 Å². The van der Waals surface area contributed by atoms with Crippen LogP contribution in [-0.4, -0.2) is 29.0 Å². The van der Waals surface area contributed by atoms with Gasteiger partial charge in [-0.25, -0.2) is 4.39 Å². The fourth-order valence-corrected chi connectivity index (χ4v) is 1.62. The minimum absolute atomic E-state index is 0.208. The summed E-state index contributed by atoms with van der Waals surface area (Å²) in [6.07, 6.45) is 0.542. The van der Waals surface area contributed by atoms with Crippen molar-refractivity contribution in [1.82, 2.24) is 5.32 Å². The summed E-state index contributed by atoms with van der Waals surface area (Å²) in [6, 6.07) is 5.94. The number of benzene rings is 1. The molecule has 0 aromatic heterocycles. The Labute approximate surface area is 106 Å². The second-order valence-electron chi connectivity index (χ2n) is 4.26. The van der Waals surface area contributed by atoms with E-state index in [-0.39, 0.29) is 25.3 Å². The Hall–Kier alpha value is -1.48. The van der Waals surface area contributed by atoms with Crippen LogP contribution in [0.25, 0.3) is 0 Å². The van der Waals surface area contributed by atoms with Gasteiger partial charge in [0.15, 0.2) is 0 Å². The standard InChI is InChI=1S/C13H17FN2O2/c1-2-13(8-17,9-18)16-7-11-3-10(6-15)4-12(14)5-11/h3-5,16-18H,2,7-9H2,1H3. The molecule has 0 atom stereocenters. The first kappa shape index (κ1) is 14.6. The topological polar surface area (TPSA) is 76.3 Å². The lowest BCUT2D eigenvalue weighted by molar-refractivity contribution is 0.0864.